The lowest BCUT2D eigenvalue weighted by Gasteiger charge is -2.21. The number of nitrogens with one attached hydrogen (secondary N) is 2. The van der Waals surface area contributed by atoms with Crippen LogP contribution in [0.5, 0.6) is 0 Å². The number of rotatable bonds is 7. The summed E-state index contributed by atoms with van der Waals surface area (Å²) in [7, 11) is 0. The van der Waals surface area contributed by atoms with Crippen LogP contribution in [0.25, 0.3) is 17.1 Å². The molecule has 0 fully saturated rings. The molecule has 3 aromatic rings. The van der Waals surface area contributed by atoms with Gasteiger partial charge in [0.1, 0.15) is 0 Å². The van der Waals surface area contributed by atoms with Gasteiger partial charge < -0.3 is 15.4 Å². The second kappa shape index (κ2) is 10.1. The second-order valence-corrected chi connectivity index (χ2v) is 8.64. The maximum absolute atomic E-state index is 12.3. The highest BCUT2D eigenvalue weighted by Crippen LogP contribution is 2.30. The molecule has 2 amide bonds. The number of amides is 2. The summed E-state index contributed by atoms with van der Waals surface area (Å²) in [5, 5.41) is 15.4. The Morgan fingerprint density at radius 3 is 2.73 bits per heavy atom. The number of aryl methyl sites for hydroxylation is 1. The minimum atomic E-state index is -0.456. The molecule has 0 saturated carbocycles. The third-order valence-electron chi connectivity index (χ3n) is 4.92. The zero-order valence-corrected chi connectivity index (χ0v) is 19.7. The minimum absolute atomic E-state index is 0.112. The Morgan fingerprint density at radius 2 is 2.00 bits per heavy atom. The van der Waals surface area contributed by atoms with E-state index in [4.69, 9.17) is 16.3 Å². The van der Waals surface area contributed by atoms with Crippen LogP contribution in [0.15, 0.2) is 65.0 Å². The molecule has 170 valence electrons. The minimum Gasteiger partial charge on any atom is -0.463 e. The summed E-state index contributed by atoms with van der Waals surface area (Å²) in [5.74, 6) is 0.517. The van der Waals surface area contributed by atoms with Gasteiger partial charge in [-0.1, -0.05) is 35.5 Å². The number of nitrogens with zero attached hydrogens (tertiary/aromatic N) is 3. The molecule has 2 heterocycles. The predicted molar refractivity (Wildman–Crippen MR) is 127 cm³/mol. The van der Waals surface area contributed by atoms with Crippen LogP contribution in [0.2, 0.25) is 5.02 Å². The standard InChI is InChI=1S/C23H22ClN5O3S/c1-3-32-21(30)18-12-25-22(31)26-19(18)13-33-23-28-27-20(15-7-9-16(24)10-8-15)29(23)17-6-4-5-14(2)11-17/h4-11H,3,12-13H2,1-2H3,(H2,25,26,31). The SMILES string of the molecule is CCOC(=O)C1=C(CSc2nnc(-c3ccc(Cl)cc3)n2-c2cccc(C)c2)NC(=O)NC1. The molecular weight excluding hydrogens is 462 g/mol. The molecule has 0 unspecified atom stereocenters. The smallest absolute Gasteiger partial charge is 0.337 e. The van der Waals surface area contributed by atoms with E-state index in [0.29, 0.717) is 33.0 Å². The Bertz CT molecular complexity index is 1220. The average Bonchev–Trinajstić information content (AvgIpc) is 3.22. The topological polar surface area (TPSA) is 98.1 Å². The number of ether oxygens (including phenoxy) is 1. The van der Waals surface area contributed by atoms with Gasteiger partial charge in [0.15, 0.2) is 11.0 Å². The van der Waals surface area contributed by atoms with Gasteiger partial charge in [0.2, 0.25) is 0 Å². The molecule has 1 aliphatic heterocycles. The quantitative estimate of drug-likeness (QED) is 0.387. The van der Waals surface area contributed by atoms with Crippen LogP contribution in [-0.2, 0) is 9.53 Å². The van der Waals surface area contributed by atoms with Crippen molar-refractivity contribution in [3.63, 3.8) is 0 Å². The maximum atomic E-state index is 12.3. The zero-order chi connectivity index (χ0) is 23.4. The molecule has 1 aromatic heterocycles. The van der Waals surface area contributed by atoms with Crippen molar-refractivity contribution in [2.45, 2.75) is 19.0 Å². The van der Waals surface area contributed by atoms with Crippen molar-refractivity contribution >= 4 is 35.4 Å². The number of hydrogen-bond donors (Lipinski definition) is 2. The lowest BCUT2D eigenvalue weighted by Crippen LogP contribution is -2.44. The van der Waals surface area contributed by atoms with Crippen LogP contribution >= 0.6 is 23.4 Å². The Morgan fingerprint density at radius 1 is 1.21 bits per heavy atom. The molecule has 0 aliphatic carbocycles. The number of carbonyl (C=O) groups is 2. The Balaban J connectivity index is 1.71. The highest BCUT2D eigenvalue weighted by atomic mass is 35.5. The van der Waals surface area contributed by atoms with E-state index in [1.165, 1.54) is 11.8 Å². The molecule has 0 bridgehead atoms. The van der Waals surface area contributed by atoms with Gasteiger partial charge in [-0.25, -0.2) is 9.59 Å². The average molecular weight is 484 g/mol. The zero-order valence-electron chi connectivity index (χ0n) is 18.1. The van der Waals surface area contributed by atoms with Crippen LogP contribution in [0, 0.1) is 6.92 Å². The molecule has 2 N–H and O–H groups in total. The van der Waals surface area contributed by atoms with E-state index in [1.807, 2.05) is 47.9 Å². The first kappa shape index (κ1) is 22.9. The van der Waals surface area contributed by atoms with Crippen LogP contribution in [-0.4, -0.2) is 45.7 Å². The van der Waals surface area contributed by atoms with Gasteiger partial charge in [-0.2, -0.15) is 0 Å². The molecule has 1 aliphatic rings. The summed E-state index contributed by atoms with van der Waals surface area (Å²) in [5.41, 5.74) is 3.75. The number of carbonyl (C=O) groups excluding carboxylic acids is 2. The summed E-state index contributed by atoms with van der Waals surface area (Å²) >= 11 is 7.43. The largest absolute Gasteiger partial charge is 0.463 e. The molecule has 0 atom stereocenters. The summed E-state index contributed by atoms with van der Waals surface area (Å²) in [6.45, 7) is 4.12. The molecule has 0 spiro atoms. The van der Waals surface area contributed by atoms with E-state index >= 15 is 0 Å². The highest BCUT2D eigenvalue weighted by molar-refractivity contribution is 7.99. The van der Waals surface area contributed by atoms with E-state index in [0.717, 1.165) is 16.8 Å². The second-order valence-electron chi connectivity index (χ2n) is 7.26. The molecule has 0 radical (unpaired) electrons. The fraction of sp³-hybridized carbons (Fsp3) is 0.217. The Kier molecular flexibility index (Phi) is 7.00. The van der Waals surface area contributed by atoms with Gasteiger partial charge in [-0.3, -0.25) is 4.57 Å². The van der Waals surface area contributed by atoms with Crippen LogP contribution in [0.1, 0.15) is 12.5 Å². The monoisotopic (exact) mass is 483 g/mol. The molecule has 10 heteroatoms. The van der Waals surface area contributed by atoms with Crippen molar-refractivity contribution in [1.29, 1.82) is 0 Å². The van der Waals surface area contributed by atoms with Crippen molar-refractivity contribution in [3.05, 3.63) is 70.4 Å². The van der Waals surface area contributed by atoms with Crippen molar-refractivity contribution in [1.82, 2.24) is 25.4 Å². The van der Waals surface area contributed by atoms with Gasteiger partial charge in [-0.05, 0) is 55.8 Å². The third kappa shape index (κ3) is 5.20. The van der Waals surface area contributed by atoms with Crippen LogP contribution in [0.3, 0.4) is 0 Å². The first-order valence-corrected chi connectivity index (χ1v) is 11.7. The van der Waals surface area contributed by atoms with Gasteiger partial charge in [0.05, 0.1) is 18.7 Å². The van der Waals surface area contributed by atoms with Crippen LogP contribution in [0.4, 0.5) is 4.79 Å². The summed E-state index contributed by atoms with van der Waals surface area (Å²) in [6.07, 6.45) is 0. The van der Waals surface area contributed by atoms with Gasteiger partial charge in [0.25, 0.3) is 0 Å². The summed E-state index contributed by atoms with van der Waals surface area (Å²) < 4.78 is 7.09. The molecular formula is C23H22ClN5O3S. The number of esters is 1. The van der Waals surface area contributed by atoms with Gasteiger partial charge in [-0.15, -0.1) is 10.2 Å². The van der Waals surface area contributed by atoms with E-state index in [9.17, 15) is 9.59 Å². The number of thioether (sulfide) groups is 1. The molecule has 2 aromatic carbocycles. The van der Waals surface area contributed by atoms with Crippen molar-refractivity contribution < 1.29 is 14.3 Å². The first-order valence-electron chi connectivity index (χ1n) is 10.3. The molecule has 8 nitrogen and oxygen atoms in total. The lowest BCUT2D eigenvalue weighted by molar-refractivity contribution is -0.138. The fourth-order valence-electron chi connectivity index (χ4n) is 3.35. The molecule has 0 saturated heterocycles. The van der Waals surface area contributed by atoms with Crippen molar-refractivity contribution in [2.24, 2.45) is 0 Å². The van der Waals surface area contributed by atoms with Crippen molar-refractivity contribution in [3.8, 4) is 17.1 Å². The first-order chi connectivity index (χ1) is 16.0. The molecule has 4 rings (SSSR count). The number of aromatic nitrogens is 3. The number of halogens is 1. The number of benzene rings is 2. The van der Waals surface area contributed by atoms with E-state index in [1.54, 1.807) is 19.1 Å². The normalized spacial score (nSPS) is 13.5. The van der Waals surface area contributed by atoms with Crippen molar-refractivity contribution in [2.75, 3.05) is 18.9 Å². The van der Waals surface area contributed by atoms with E-state index in [2.05, 4.69) is 20.8 Å². The highest BCUT2D eigenvalue weighted by Gasteiger charge is 2.25. The number of hydrogen-bond acceptors (Lipinski definition) is 6. The van der Waals surface area contributed by atoms with Gasteiger partial charge in [0, 0.05) is 27.7 Å². The Labute approximate surface area is 200 Å². The summed E-state index contributed by atoms with van der Waals surface area (Å²) in [4.78, 5) is 24.2. The predicted octanol–water partition coefficient (Wildman–Crippen LogP) is 4.12. The van der Waals surface area contributed by atoms with Crippen LogP contribution < -0.4 is 10.6 Å². The summed E-state index contributed by atoms with van der Waals surface area (Å²) in [6, 6.07) is 15.0. The molecule has 33 heavy (non-hydrogen) atoms. The van der Waals surface area contributed by atoms with E-state index < -0.39 is 5.97 Å². The van der Waals surface area contributed by atoms with Gasteiger partial charge >= 0.3 is 12.0 Å². The Hall–Kier alpha value is -3.30. The maximum Gasteiger partial charge on any atom is 0.337 e. The fourth-order valence-corrected chi connectivity index (χ4v) is 4.42. The lowest BCUT2D eigenvalue weighted by atomic mass is 10.2. The number of urea groups is 1. The third-order valence-corrected chi connectivity index (χ3v) is 6.12. The van der Waals surface area contributed by atoms with E-state index in [-0.39, 0.29) is 19.2 Å².